The summed E-state index contributed by atoms with van der Waals surface area (Å²) < 4.78 is 0. The van der Waals surface area contributed by atoms with Crippen molar-refractivity contribution >= 4 is 23.4 Å². The van der Waals surface area contributed by atoms with Crippen molar-refractivity contribution in [3.05, 3.63) is 35.3 Å². The second kappa shape index (κ2) is 2.72. The summed E-state index contributed by atoms with van der Waals surface area (Å²) in [5.41, 5.74) is 3.25. The van der Waals surface area contributed by atoms with E-state index < -0.39 is 0 Å². The van der Waals surface area contributed by atoms with Crippen molar-refractivity contribution in [2.24, 2.45) is 15.4 Å². The third kappa shape index (κ3) is 0.943. The van der Waals surface area contributed by atoms with Crippen molar-refractivity contribution in [1.29, 1.82) is 0 Å². The maximum Gasteiger partial charge on any atom is 0.122 e. The number of hydrogen-bond acceptors (Lipinski definition) is 4. The molecule has 68 valence electrons. The minimum absolute atomic E-state index is 0.332. The normalized spacial score (nSPS) is 22.5. The van der Waals surface area contributed by atoms with E-state index in [-0.39, 0.29) is 5.38 Å². The van der Waals surface area contributed by atoms with E-state index in [1.165, 1.54) is 0 Å². The van der Waals surface area contributed by atoms with E-state index in [1.807, 2.05) is 18.2 Å². The first kappa shape index (κ1) is 7.82. The van der Waals surface area contributed by atoms with Crippen molar-refractivity contribution < 1.29 is 0 Å². The summed E-state index contributed by atoms with van der Waals surface area (Å²) in [5.74, 6) is 0. The number of allylic oxidation sites excluding steroid dienone is 1. The fourth-order valence-corrected chi connectivity index (χ4v) is 1.88. The first-order chi connectivity index (χ1) is 6.86. The van der Waals surface area contributed by atoms with Crippen molar-refractivity contribution in [3.8, 4) is 0 Å². The molecule has 1 aromatic rings. The lowest BCUT2D eigenvalue weighted by atomic mass is 9.99. The van der Waals surface area contributed by atoms with Crippen LogP contribution in [-0.4, -0.2) is 10.7 Å². The second-order valence-corrected chi connectivity index (χ2v) is 3.48. The van der Waals surface area contributed by atoms with Crippen molar-refractivity contribution in [2.75, 3.05) is 0 Å². The van der Waals surface area contributed by atoms with Crippen LogP contribution in [0.4, 0.5) is 0 Å². The van der Waals surface area contributed by atoms with Gasteiger partial charge in [0.05, 0.1) is 5.69 Å². The number of nitrogens with zero attached hydrogens (tertiary/aromatic N) is 4. The van der Waals surface area contributed by atoms with Gasteiger partial charge >= 0.3 is 0 Å². The number of alkyl halides is 1. The molecule has 5 heteroatoms. The van der Waals surface area contributed by atoms with Crippen LogP contribution in [0.5, 0.6) is 0 Å². The van der Waals surface area contributed by atoms with Crippen LogP contribution in [0.25, 0.3) is 6.08 Å². The van der Waals surface area contributed by atoms with E-state index in [0.717, 1.165) is 17.0 Å². The fraction of sp³-hybridized carbons (Fsp3) is 0.111. The molecule has 0 amide bonds. The van der Waals surface area contributed by atoms with Gasteiger partial charge in [-0.05, 0) is 17.4 Å². The zero-order chi connectivity index (χ0) is 9.54. The first-order valence-electron chi connectivity index (χ1n) is 4.16. The Bertz CT molecular complexity index is 489. The first-order valence-corrected chi connectivity index (χ1v) is 4.59. The summed E-state index contributed by atoms with van der Waals surface area (Å²) in [6.07, 6.45) is 3.62. The molecule has 14 heavy (non-hydrogen) atoms. The summed E-state index contributed by atoms with van der Waals surface area (Å²) in [6, 6.07) is 3.82. The average Bonchev–Trinajstić information content (AvgIpc) is 2.66. The number of halogens is 1. The topological polar surface area (TPSA) is 50.0 Å². The van der Waals surface area contributed by atoms with Gasteiger partial charge in [0.2, 0.25) is 0 Å². The van der Waals surface area contributed by atoms with Crippen LogP contribution in [0.2, 0.25) is 0 Å². The molecule has 1 aliphatic carbocycles. The molecular weight excluding hydrogens is 200 g/mol. The van der Waals surface area contributed by atoms with Gasteiger partial charge in [-0.3, -0.25) is 4.98 Å². The molecule has 2 heterocycles. The standard InChI is InChI=1S/C9H5ClN4/c10-7-8-5(2-1-3-11-8)4-6-9(7)13-14-12-6/h1-4,7H. The molecule has 3 rings (SSSR count). The van der Waals surface area contributed by atoms with Crippen LogP contribution in [-0.2, 0) is 0 Å². The molecule has 1 unspecified atom stereocenters. The smallest absolute Gasteiger partial charge is 0.122 e. The minimum Gasteiger partial charge on any atom is -0.259 e. The molecule has 2 aliphatic rings. The van der Waals surface area contributed by atoms with Crippen molar-refractivity contribution in [1.82, 2.24) is 4.98 Å². The lowest BCUT2D eigenvalue weighted by Gasteiger charge is -2.15. The highest BCUT2D eigenvalue weighted by atomic mass is 35.5. The zero-order valence-corrected chi connectivity index (χ0v) is 7.81. The van der Waals surface area contributed by atoms with Gasteiger partial charge in [-0.15, -0.1) is 21.8 Å². The van der Waals surface area contributed by atoms with E-state index >= 15 is 0 Å². The Hall–Kier alpha value is -1.55. The van der Waals surface area contributed by atoms with E-state index in [0.29, 0.717) is 5.71 Å². The van der Waals surface area contributed by atoms with E-state index in [4.69, 9.17) is 11.6 Å². The van der Waals surface area contributed by atoms with Gasteiger partial charge in [0.15, 0.2) is 0 Å². The molecule has 0 radical (unpaired) electrons. The predicted molar refractivity (Wildman–Crippen MR) is 53.1 cm³/mol. The summed E-state index contributed by atoms with van der Waals surface area (Å²) in [4.78, 5) is 4.22. The van der Waals surface area contributed by atoms with Gasteiger partial charge < -0.3 is 0 Å². The summed E-state index contributed by atoms with van der Waals surface area (Å²) >= 11 is 6.19. The molecule has 4 nitrogen and oxygen atoms in total. The molecule has 0 saturated heterocycles. The molecule has 0 spiro atoms. The molecule has 0 fully saturated rings. The number of hydrogen-bond donors (Lipinski definition) is 0. The third-order valence-electron chi connectivity index (χ3n) is 2.21. The number of fused-ring (bicyclic) bond motifs is 2. The monoisotopic (exact) mass is 204 g/mol. The lowest BCUT2D eigenvalue weighted by Crippen LogP contribution is -2.14. The van der Waals surface area contributed by atoms with E-state index in [2.05, 4.69) is 20.4 Å². The fourth-order valence-electron chi connectivity index (χ4n) is 1.55. The van der Waals surface area contributed by atoms with Crippen LogP contribution in [0.1, 0.15) is 16.6 Å². The Balaban J connectivity index is 2.26. The van der Waals surface area contributed by atoms with Crippen LogP contribution in [0.3, 0.4) is 0 Å². The number of rotatable bonds is 0. The van der Waals surface area contributed by atoms with E-state index in [9.17, 15) is 0 Å². The largest absolute Gasteiger partial charge is 0.259 e. The lowest BCUT2D eigenvalue weighted by molar-refractivity contribution is 1.08. The maximum atomic E-state index is 6.19. The molecular formula is C9H5ClN4. The highest BCUT2D eigenvalue weighted by Gasteiger charge is 2.29. The van der Waals surface area contributed by atoms with Gasteiger partial charge in [-0.25, -0.2) is 0 Å². The maximum absolute atomic E-state index is 6.19. The Morgan fingerprint density at radius 2 is 2.29 bits per heavy atom. The molecule has 1 aromatic heterocycles. The minimum atomic E-state index is -0.332. The Kier molecular flexibility index (Phi) is 1.52. The van der Waals surface area contributed by atoms with Gasteiger partial charge in [-0.2, -0.15) is 0 Å². The number of pyridine rings is 1. The van der Waals surface area contributed by atoms with Gasteiger partial charge in [-0.1, -0.05) is 6.07 Å². The quantitative estimate of drug-likeness (QED) is 0.599. The highest BCUT2D eigenvalue weighted by molar-refractivity contribution is 6.36. The van der Waals surface area contributed by atoms with Crippen molar-refractivity contribution in [2.45, 2.75) is 5.38 Å². The second-order valence-electron chi connectivity index (χ2n) is 3.04. The third-order valence-corrected chi connectivity index (χ3v) is 2.62. The summed E-state index contributed by atoms with van der Waals surface area (Å²) in [5, 5.41) is 11.0. The van der Waals surface area contributed by atoms with E-state index in [1.54, 1.807) is 6.20 Å². The molecule has 1 atom stereocenters. The van der Waals surface area contributed by atoms with Gasteiger partial charge in [0.25, 0.3) is 0 Å². The van der Waals surface area contributed by atoms with Gasteiger partial charge in [0.1, 0.15) is 16.8 Å². The predicted octanol–water partition coefficient (Wildman–Crippen LogP) is 2.54. The molecule has 0 N–H and O–H groups in total. The summed E-state index contributed by atoms with van der Waals surface area (Å²) in [6.45, 7) is 0. The highest BCUT2D eigenvalue weighted by Crippen LogP contribution is 2.35. The molecule has 0 aromatic carbocycles. The molecule has 1 aliphatic heterocycles. The van der Waals surface area contributed by atoms with Crippen LogP contribution in [0, 0.1) is 0 Å². The van der Waals surface area contributed by atoms with Crippen LogP contribution < -0.4 is 0 Å². The van der Waals surface area contributed by atoms with Gasteiger partial charge in [0, 0.05) is 11.8 Å². The van der Waals surface area contributed by atoms with Crippen LogP contribution >= 0.6 is 11.6 Å². The average molecular weight is 205 g/mol. The Labute approximate surface area is 85.0 Å². The number of aromatic nitrogens is 1. The zero-order valence-electron chi connectivity index (χ0n) is 7.05. The Morgan fingerprint density at radius 1 is 1.36 bits per heavy atom. The molecule has 0 bridgehead atoms. The van der Waals surface area contributed by atoms with Crippen LogP contribution in [0.15, 0.2) is 39.5 Å². The molecule has 0 saturated carbocycles. The van der Waals surface area contributed by atoms with Crippen molar-refractivity contribution in [3.63, 3.8) is 0 Å². The SMILES string of the molecule is ClC1C2=NN=NC2=Cc2cccnc21. The summed E-state index contributed by atoms with van der Waals surface area (Å²) in [7, 11) is 0. The Morgan fingerprint density at radius 3 is 3.21 bits per heavy atom.